The summed E-state index contributed by atoms with van der Waals surface area (Å²) in [5.74, 6) is 0.343. The molecule has 1 rings (SSSR count). The minimum Gasteiger partial charge on any atom is -0.349 e. The fourth-order valence-electron chi connectivity index (χ4n) is 1.79. The smallest absolute Gasteiger partial charge is 0.223 e. The number of piperidine rings is 1. The Bertz CT molecular complexity index is 266. The fraction of sp³-hybridized carbons (Fsp3) is 0.818. The molecule has 0 spiro atoms. The molecule has 1 fully saturated rings. The van der Waals surface area contributed by atoms with Crippen molar-refractivity contribution in [3.63, 3.8) is 0 Å². The predicted molar refractivity (Wildman–Crippen MR) is 62.0 cm³/mol. The van der Waals surface area contributed by atoms with E-state index in [2.05, 4.69) is 5.32 Å². The van der Waals surface area contributed by atoms with E-state index in [0.29, 0.717) is 25.4 Å². The third kappa shape index (κ3) is 3.81. The highest BCUT2D eigenvalue weighted by Gasteiger charge is 2.22. The number of likely N-dealkylation sites (N-methyl/N-ethyl adjacent to an activating group) is 1. The molecule has 0 aromatic heterocycles. The molecule has 5 heteroatoms. The van der Waals surface area contributed by atoms with Crippen LogP contribution in [0.2, 0.25) is 0 Å². The van der Waals surface area contributed by atoms with Crippen molar-refractivity contribution in [2.45, 2.75) is 25.3 Å². The van der Waals surface area contributed by atoms with E-state index >= 15 is 0 Å². The normalized spacial score (nSPS) is 21.1. The lowest BCUT2D eigenvalue weighted by Gasteiger charge is -2.30. The second-order valence-electron chi connectivity index (χ2n) is 4.50. The number of nitrogens with one attached hydrogen (secondary N) is 1. The van der Waals surface area contributed by atoms with Crippen LogP contribution >= 0.6 is 0 Å². The van der Waals surface area contributed by atoms with E-state index in [1.54, 1.807) is 23.9 Å². The Morgan fingerprint density at radius 2 is 2.25 bits per heavy atom. The van der Waals surface area contributed by atoms with Crippen LogP contribution in [0, 0.1) is 0 Å². The van der Waals surface area contributed by atoms with Gasteiger partial charge in [0.1, 0.15) is 0 Å². The predicted octanol–water partition coefficient (Wildman–Crippen LogP) is -0.325. The van der Waals surface area contributed by atoms with Crippen LogP contribution < -0.4 is 5.32 Å². The molecule has 1 unspecified atom stereocenters. The van der Waals surface area contributed by atoms with Gasteiger partial charge in [0, 0.05) is 53.1 Å². The van der Waals surface area contributed by atoms with Crippen LogP contribution in [-0.2, 0) is 9.59 Å². The number of amides is 2. The third-order valence-corrected chi connectivity index (χ3v) is 2.90. The van der Waals surface area contributed by atoms with Crippen molar-refractivity contribution in [3.05, 3.63) is 0 Å². The first-order chi connectivity index (χ1) is 7.50. The molecule has 0 bridgehead atoms. The molecule has 1 saturated heterocycles. The Hall–Kier alpha value is -1.10. The number of carbonyl (C=O) groups is 2. The Morgan fingerprint density at radius 3 is 2.81 bits per heavy atom. The van der Waals surface area contributed by atoms with Crippen LogP contribution in [-0.4, -0.2) is 61.9 Å². The van der Waals surface area contributed by atoms with Crippen LogP contribution in [0.5, 0.6) is 0 Å². The zero-order valence-electron chi connectivity index (χ0n) is 10.3. The number of rotatable bonds is 4. The van der Waals surface area contributed by atoms with Gasteiger partial charge in [-0.25, -0.2) is 0 Å². The molecule has 0 aromatic rings. The van der Waals surface area contributed by atoms with E-state index < -0.39 is 0 Å². The van der Waals surface area contributed by atoms with Crippen molar-refractivity contribution < 1.29 is 9.59 Å². The Labute approximate surface area is 96.8 Å². The van der Waals surface area contributed by atoms with E-state index in [4.69, 9.17) is 0 Å². The summed E-state index contributed by atoms with van der Waals surface area (Å²) in [7, 11) is 5.34. The van der Waals surface area contributed by atoms with Gasteiger partial charge in [0.2, 0.25) is 11.8 Å². The van der Waals surface area contributed by atoms with Crippen LogP contribution in [0.25, 0.3) is 0 Å². The summed E-state index contributed by atoms with van der Waals surface area (Å²) in [6, 6.07) is 0.331. The van der Waals surface area contributed by atoms with Crippen LogP contribution in [0.15, 0.2) is 0 Å². The van der Waals surface area contributed by atoms with Crippen LogP contribution in [0.4, 0.5) is 0 Å². The van der Waals surface area contributed by atoms with Crippen molar-refractivity contribution in [1.29, 1.82) is 0 Å². The quantitative estimate of drug-likeness (QED) is 0.716. The summed E-state index contributed by atoms with van der Waals surface area (Å²) in [6.07, 6.45) is 2.00. The molecule has 1 heterocycles. The number of hydrogen-bond acceptors (Lipinski definition) is 3. The Morgan fingerprint density at radius 1 is 1.56 bits per heavy atom. The molecular formula is C11H21N3O2. The molecule has 1 aliphatic rings. The molecule has 0 aliphatic carbocycles. The first-order valence-electron chi connectivity index (χ1n) is 5.68. The molecule has 92 valence electrons. The van der Waals surface area contributed by atoms with Gasteiger partial charge in [0.15, 0.2) is 0 Å². The molecule has 5 nitrogen and oxygen atoms in total. The highest BCUT2D eigenvalue weighted by atomic mass is 16.2. The van der Waals surface area contributed by atoms with Gasteiger partial charge in [0.05, 0.1) is 0 Å². The molecule has 16 heavy (non-hydrogen) atoms. The third-order valence-electron chi connectivity index (χ3n) is 2.90. The van der Waals surface area contributed by atoms with Gasteiger partial charge in [-0.2, -0.15) is 0 Å². The minimum absolute atomic E-state index is 0.132. The number of carbonyl (C=O) groups excluding carboxylic acids is 2. The van der Waals surface area contributed by atoms with Crippen molar-refractivity contribution in [1.82, 2.24) is 15.1 Å². The maximum atomic E-state index is 11.3. The number of likely N-dealkylation sites (tertiary alicyclic amines) is 1. The van der Waals surface area contributed by atoms with E-state index in [1.807, 2.05) is 7.05 Å². The topological polar surface area (TPSA) is 52.7 Å². The maximum absolute atomic E-state index is 11.3. The van der Waals surface area contributed by atoms with E-state index in [-0.39, 0.29) is 11.8 Å². The van der Waals surface area contributed by atoms with E-state index in [0.717, 1.165) is 13.0 Å². The van der Waals surface area contributed by atoms with Gasteiger partial charge < -0.3 is 15.1 Å². The average molecular weight is 227 g/mol. The first kappa shape index (κ1) is 13.0. The molecule has 0 saturated carbocycles. The monoisotopic (exact) mass is 227 g/mol. The average Bonchev–Trinajstić information content (AvgIpc) is 2.23. The Balaban J connectivity index is 2.19. The second-order valence-corrected chi connectivity index (χ2v) is 4.50. The van der Waals surface area contributed by atoms with Crippen molar-refractivity contribution in [2.24, 2.45) is 0 Å². The minimum atomic E-state index is 0.132. The first-order valence-corrected chi connectivity index (χ1v) is 5.68. The standard InChI is InChI=1S/C11H21N3O2/c1-13(2)10(15)6-7-12-9-4-5-11(16)14(3)8-9/h9,12H,4-8H2,1-3H3. The zero-order valence-corrected chi connectivity index (χ0v) is 10.3. The summed E-state index contributed by atoms with van der Waals surface area (Å²) in [6.45, 7) is 1.43. The second kappa shape index (κ2) is 5.84. The maximum Gasteiger partial charge on any atom is 0.223 e. The van der Waals surface area contributed by atoms with Crippen molar-refractivity contribution >= 4 is 11.8 Å². The molecule has 0 radical (unpaired) electrons. The van der Waals surface area contributed by atoms with Crippen molar-refractivity contribution in [3.8, 4) is 0 Å². The van der Waals surface area contributed by atoms with Gasteiger partial charge in [0.25, 0.3) is 0 Å². The highest BCUT2D eigenvalue weighted by Crippen LogP contribution is 2.09. The number of nitrogens with zero attached hydrogens (tertiary/aromatic N) is 2. The number of hydrogen-bond donors (Lipinski definition) is 1. The molecule has 2 amide bonds. The summed E-state index contributed by atoms with van der Waals surface area (Å²) in [5, 5.41) is 3.32. The van der Waals surface area contributed by atoms with Gasteiger partial charge in [-0.1, -0.05) is 0 Å². The molecular weight excluding hydrogens is 206 g/mol. The van der Waals surface area contributed by atoms with E-state index in [1.165, 1.54) is 0 Å². The van der Waals surface area contributed by atoms with Gasteiger partial charge in [-0.15, -0.1) is 0 Å². The SMILES string of the molecule is CN(C)C(=O)CCNC1CCC(=O)N(C)C1. The molecule has 0 aromatic carbocycles. The highest BCUT2D eigenvalue weighted by molar-refractivity contribution is 5.77. The van der Waals surface area contributed by atoms with Crippen LogP contribution in [0.3, 0.4) is 0 Å². The summed E-state index contributed by atoms with van der Waals surface area (Å²) in [4.78, 5) is 25.9. The fourth-order valence-corrected chi connectivity index (χ4v) is 1.79. The lowest BCUT2D eigenvalue weighted by molar-refractivity contribution is -0.133. The lowest BCUT2D eigenvalue weighted by Crippen LogP contribution is -2.47. The summed E-state index contributed by atoms with van der Waals surface area (Å²) >= 11 is 0. The van der Waals surface area contributed by atoms with Crippen LogP contribution in [0.1, 0.15) is 19.3 Å². The lowest BCUT2D eigenvalue weighted by atomic mass is 10.1. The summed E-state index contributed by atoms with van der Waals surface area (Å²) < 4.78 is 0. The summed E-state index contributed by atoms with van der Waals surface area (Å²) in [5.41, 5.74) is 0. The zero-order chi connectivity index (χ0) is 12.1. The van der Waals surface area contributed by atoms with Crippen molar-refractivity contribution in [2.75, 3.05) is 34.2 Å². The van der Waals surface area contributed by atoms with E-state index in [9.17, 15) is 9.59 Å². The molecule has 1 N–H and O–H groups in total. The molecule has 1 aliphatic heterocycles. The van der Waals surface area contributed by atoms with Gasteiger partial charge in [-0.05, 0) is 6.42 Å². The van der Waals surface area contributed by atoms with Gasteiger partial charge >= 0.3 is 0 Å². The van der Waals surface area contributed by atoms with Gasteiger partial charge in [-0.3, -0.25) is 9.59 Å². The Kier molecular flexibility index (Phi) is 4.73. The largest absolute Gasteiger partial charge is 0.349 e. The molecule has 1 atom stereocenters.